The van der Waals surface area contributed by atoms with Gasteiger partial charge >= 0.3 is 0 Å². The van der Waals surface area contributed by atoms with E-state index >= 15 is 0 Å². The largest absolute Gasteiger partial charge is 0.381 e. The van der Waals surface area contributed by atoms with Gasteiger partial charge in [0.15, 0.2) is 0 Å². The zero-order valence-electron chi connectivity index (χ0n) is 8.34. The van der Waals surface area contributed by atoms with Crippen molar-refractivity contribution >= 4 is 5.91 Å². The van der Waals surface area contributed by atoms with Gasteiger partial charge in [-0.05, 0) is 25.7 Å². The zero-order valence-corrected chi connectivity index (χ0v) is 8.34. The van der Waals surface area contributed by atoms with Gasteiger partial charge in [-0.25, -0.2) is 0 Å². The van der Waals surface area contributed by atoms with Crippen LogP contribution in [0.1, 0.15) is 32.6 Å². The average Bonchev–Trinajstić information content (AvgIpc) is 2.15. The monoisotopic (exact) mass is 185 g/mol. The number of piperidine rings is 1. The van der Waals surface area contributed by atoms with Crippen molar-refractivity contribution in [3.63, 3.8) is 0 Å². The summed E-state index contributed by atoms with van der Waals surface area (Å²) in [5, 5.41) is 2.88. The highest BCUT2D eigenvalue weighted by Crippen LogP contribution is 2.14. The van der Waals surface area contributed by atoms with E-state index in [2.05, 4.69) is 12.2 Å². The Kier molecular flexibility index (Phi) is 4.83. The molecular weight excluding hydrogens is 166 g/mol. The Balaban J connectivity index is 2.08. The Morgan fingerprint density at radius 1 is 1.54 bits per heavy atom. The molecule has 1 unspecified atom stereocenters. The van der Waals surface area contributed by atoms with Gasteiger partial charge in [-0.2, -0.15) is 0 Å². The van der Waals surface area contributed by atoms with Gasteiger partial charge in [-0.3, -0.25) is 4.79 Å². The molecule has 0 spiro atoms. The summed E-state index contributed by atoms with van der Waals surface area (Å²) in [7, 11) is 0. The van der Waals surface area contributed by atoms with Gasteiger partial charge in [0.2, 0.25) is 5.91 Å². The maximum atomic E-state index is 11.3. The van der Waals surface area contributed by atoms with Gasteiger partial charge in [0.25, 0.3) is 0 Å². The van der Waals surface area contributed by atoms with Crippen molar-refractivity contribution in [2.24, 2.45) is 5.92 Å². The standard InChI is InChI=1S/C10H19NO2/c1-2-7-13-8-5-9-4-3-6-11-10(9)12/h9H,2-8H2,1H3,(H,11,12). The Labute approximate surface area is 79.8 Å². The summed E-state index contributed by atoms with van der Waals surface area (Å²) in [5.41, 5.74) is 0. The van der Waals surface area contributed by atoms with E-state index in [0.29, 0.717) is 0 Å². The summed E-state index contributed by atoms with van der Waals surface area (Å²) in [6.45, 7) is 4.48. The fraction of sp³-hybridized carbons (Fsp3) is 0.900. The lowest BCUT2D eigenvalue weighted by atomic mass is 9.96. The lowest BCUT2D eigenvalue weighted by Gasteiger charge is -2.21. The first-order valence-electron chi connectivity index (χ1n) is 5.20. The van der Waals surface area contributed by atoms with Crippen LogP contribution in [0.5, 0.6) is 0 Å². The maximum absolute atomic E-state index is 11.3. The summed E-state index contributed by atoms with van der Waals surface area (Å²) in [6.07, 6.45) is 4.08. The maximum Gasteiger partial charge on any atom is 0.223 e. The molecule has 1 heterocycles. The highest BCUT2D eigenvalue weighted by Gasteiger charge is 2.20. The molecule has 76 valence electrons. The van der Waals surface area contributed by atoms with E-state index in [1.807, 2.05) is 0 Å². The molecule has 1 amide bonds. The molecule has 0 aromatic carbocycles. The fourth-order valence-corrected chi connectivity index (χ4v) is 1.58. The third-order valence-electron chi connectivity index (χ3n) is 2.36. The van der Waals surface area contributed by atoms with Crippen molar-refractivity contribution in [1.82, 2.24) is 5.32 Å². The molecule has 1 aliphatic rings. The van der Waals surface area contributed by atoms with E-state index in [9.17, 15) is 4.79 Å². The Hall–Kier alpha value is -0.570. The van der Waals surface area contributed by atoms with Crippen LogP contribution in [0.3, 0.4) is 0 Å². The smallest absolute Gasteiger partial charge is 0.223 e. The minimum Gasteiger partial charge on any atom is -0.381 e. The predicted molar refractivity (Wildman–Crippen MR) is 51.5 cm³/mol. The number of nitrogens with one attached hydrogen (secondary N) is 1. The number of ether oxygens (including phenoxy) is 1. The molecule has 0 aromatic rings. The lowest BCUT2D eigenvalue weighted by molar-refractivity contribution is -0.127. The van der Waals surface area contributed by atoms with Gasteiger partial charge in [-0.1, -0.05) is 6.92 Å². The Bertz CT molecular complexity index is 159. The molecule has 1 saturated heterocycles. The van der Waals surface area contributed by atoms with E-state index in [-0.39, 0.29) is 11.8 Å². The van der Waals surface area contributed by atoms with Crippen LogP contribution in [-0.2, 0) is 9.53 Å². The van der Waals surface area contributed by atoms with Crippen molar-refractivity contribution in [3.05, 3.63) is 0 Å². The van der Waals surface area contributed by atoms with Crippen molar-refractivity contribution in [3.8, 4) is 0 Å². The molecular formula is C10H19NO2. The quantitative estimate of drug-likeness (QED) is 0.656. The van der Waals surface area contributed by atoms with Crippen LogP contribution in [0.15, 0.2) is 0 Å². The summed E-state index contributed by atoms with van der Waals surface area (Å²) < 4.78 is 5.35. The minimum absolute atomic E-state index is 0.200. The van der Waals surface area contributed by atoms with Crippen LogP contribution in [0.4, 0.5) is 0 Å². The van der Waals surface area contributed by atoms with Gasteiger partial charge in [-0.15, -0.1) is 0 Å². The number of carbonyl (C=O) groups is 1. The van der Waals surface area contributed by atoms with Gasteiger partial charge < -0.3 is 10.1 Å². The van der Waals surface area contributed by atoms with E-state index in [1.165, 1.54) is 0 Å². The third kappa shape index (κ3) is 3.77. The summed E-state index contributed by atoms with van der Waals surface area (Å²) in [6, 6.07) is 0. The van der Waals surface area contributed by atoms with Crippen LogP contribution in [0.2, 0.25) is 0 Å². The molecule has 13 heavy (non-hydrogen) atoms. The normalized spacial score (nSPS) is 22.8. The topological polar surface area (TPSA) is 38.3 Å². The first-order chi connectivity index (χ1) is 6.34. The summed E-state index contributed by atoms with van der Waals surface area (Å²) in [5.74, 6) is 0.414. The molecule has 1 atom stereocenters. The number of amides is 1. The van der Waals surface area contributed by atoms with Crippen LogP contribution in [-0.4, -0.2) is 25.7 Å². The molecule has 3 nitrogen and oxygen atoms in total. The molecule has 1 N–H and O–H groups in total. The SMILES string of the molecule is CCCOCCC1CCCNC1=O. The van der Waals surface area contributed by atoms with Crippen LogP contribution < -0.4 is 5.32 Å². The van der Waals surface area contributed by atoms with Crippen LogP contribution in [0.25, 0.3) is 0 Å². The number of rotatable bonds is 5. The van der Waals surface area contributed by atoms with Gasteiger partial charge in [0, 0.05) is 25.7 Å². The van der Waals surface area contributed by atoms with E-state index < -0.39 is 0 Å². The lowest BCUT2D eigenvalue weighted by Crippen LogP contribution is -2.36. The second-order valence-corrected chi connectivity index (χ2v) is 3.53. The number of carbonyl (C=O) groups excluding carboxylic acids is 1. The highest BCUT2D eigenvalue weighted by atomic mass is 16.5. The van der Waals surface area contributed by atoms with Crippen molar-refractivity contribution in [2.45, 2.75) is 32.6 Å². The Morgan fingerprint density at radius 3 is 3.08 bits per heavy atom. The van der Waals surface area contributed by atoms with E-state index in [1.54, 1.807) is 0 Å². The zero-order chi connectivity index (χ0) is 9.52. The molecule has 0 bridgehead atoms. The van der Waals surface area contributed by atoms with E-state index in [0.717, 1.165) is 45.4 Å². The molecule has 1 rings (SSSR count). The third-order valence-corrected chi connectivity index (χ3v) is 2.36. The summed E-state index contributed by atoms with van der Waals surface area (Å²) >= 11 is 0. The van der Waals surface area contributed by atoms with Crippen LogP contribution in [0, 0.1) is 5.92 Å². The second kappa shape index (κ2) is 5.97. The van der Waals surface area contributed by atoms with E-state index in [4.69, 9.17) is 4.74 Å². The number of hydrogen-bond donors (Lipinski definition) is 1. The first kappa shape index (κ1) is 10.5. The Morgan fingerprint density at radius 2 is 2.38 bits per heavy atom. The van der Waals surface area contributed by atoms with Gasteiger partial charge in [0.05, 0.1) is 0 Å². The molecule has 0 radical (unpaired) electrons. The molecule has 0 aliphatic carbocycles. The molecule has 3 heteroatoms. The molecule has 0 saturated carbocycles. The fourth-order valence-electron chi connectivity index (χ4n) is 1.58. The van der Waals surface area contributed by atoms with Crippen molar-refractivity contribution < 1.29 is 9.53 Å². The second-order valence-electron chi connectivity index (χ2n) is 3.53. The van der Waals surface area contributed by atoms with Crippen LogP contribution >= 0.6 is 0 Å². The average molecular weight is 185 g/mol. The number of hydrogen-bond acceptors (Lipinski definition) is 2. The molecule has 0 aromatic heterocycles. The van der Waals surface area contributed by atoms with Crippen molar-refractivity contribution in [2.75, 3.05) is 19.8 Å². The minimum atomic E-state index is 0.200. The first-order valence-corrected chi connectivity index (χ1v) is 5.20. The van der Waals surface area contributed by atoms with Gasteiger partial charge in [0.1, 0.15) is 0 Å². The predicted octanol–water partition coefficient (Wildman–Crippen LogP) is 1.33. The molecule has 1 fully saturated rings. The highest BCUT2D eigenvalue weighted by molar-refractivity contribution is 5.79. The van der Waals surface area contributed by atoms with Crippen molar-refractivity contribution in [1.29, 1.82) is 0 Å². The summed E-state index contributed by atoms with van der Waals surface area (Å²) in [4.78, 5) is 11.3. The molecule has 1 aliphatic heterocycles.